The molecule has 0 saturated carbocycles. The number of ether oxygens (including phenoxy) is 2. The fourth-order valence-electron chi connectivity index (χ4n) is 2.73. The lowest BCUT2D eigenvalue weighted by atomic mass is 10.2. The van der Waals surface area contributed by atoms with Crippen LogP contribution in [0.15, 0.2) is 59.5 Å². The predicted octanol–water partition coefficient (Wildman–Crippen LogP) is 2.34. The van der Waals surface area contributed by atoms with Crippen molar-refractivity contribution >= 4 is 22.1 Å². The van der Waals surface area contributed by atoms with Gasteiger partial charge in [0.1, 0.15) is 6.61 Å². The van der Waals surface area contributed by atoms with Gasteiger partial charge in [0.05, 0.1) is 29.7 Å². The van der Waals surface area contributed by atoms with Crippen LogP contribution < -0.4 is 0 Å². The summed E-state index contributed by atoms with van der Waals surface area (Å²) in [6.07, 6.45) is 2.85. The summed E-state index contributed by atoms with van der Waals surface area (Å²) < 4.78 is 36.9. The fraction of sp³-hybridized carbons (Fsp3) is 0.238. The summed E-state index contributed by atoms with van der Waals surface area (Å²) in [7, 11) is -3.54. The quantitative estimate of drug-likeness (QED) is 0.534. The molecular weight excluding hydrogens is 392 g/mol. The van der Waals surface area contributed by atoms with Gasteiger partial charge in [-0.05, 0) is 41.5 Å². The largest absolute Gasteiger partial charge is 0.458 e. The summed E-state index contributed by atoms with van der Waals surface area (Å²) in [5, 5.41) is 8.77. The van der Waals surface area contributed by atoms with Crippen LogP contribution in [-0.4, -0.2) is 45.0 Å². The second kappa shape index (κ2) is 9.47. The van der Waals surface area contributed by atoms with Crippen molar-refractivity contribution in [1.29, 1.82) is 5.26 Å². The van der Waals surface area contributed by atoms with Crippen LogP contribution >= 0.6 is 0 Å². The molecule has 0 aliphatic carbocycles. The topological polar surface area (TPSA) is 96.7 Å². The number of sulfonamides is 1. The zero-order valence-electron chi connectivity index (χ0n) is 15.7. The molecule has 1 aliphatic rings. The summed E-state index contributed by atoms with van der Waals surface area (Å²) in [6.45, 7) is 1.57. The van der Waals surface area contributed by atoms with Gasteiger partial charge >= 0.3 is 5.97 Å². The molecule has 1 heterocycles. The molecule has 0 amide bonds. The maximum Gasteiger partial charge on any atom is 0.331 e. The van der Waals surface area contributed by atoms with E-state index < -0.39 is 16.0 Å². The molecule has 1 saturated heterocycles. The van der Waals surface area contributed by atoms with Gasteiger partial charge in [-0.2, -0.15) is 9.57 Å². The molecule has 0 radical (unpaired) electrons. The minimum absolute atomic E-state index is 0.103. The Morgan fingerprint density at radius 1 is 1.10 bits per heavy atom. The molecular formula is C21H20N2O5S. The first-order chi connectivity index (χ1) is 14.0. The van der Waals surface area contributed by atoms with Crippen LogP contribution in [0.4, 0.5) is 0 Å². The maximum atomic E-state index is 12.6. The van der Waals surface area contributed by atoms with Gasteiger partial charge in [0.2, 0.25) is 10.0 Å². The monoisotopic (exact) mass is 412 g/mol. The molecule has 0 N–H and O–H groups in total. The number of morpholine rings is 1. The predicted molar refractivity (Wildman–Crippen MR) is 106 cm³/mol. The summed E-state index contributed by atoms with van der Waals surface area (Å²) in [4.78, 5) is 12.1. The molecule has 1 aliphatic heterocycles. The van der Waals surface area contributed by atoms with Crippen molar-refractivity contribution in [2.45, 2.75) is 11.5 Å². The van der Waals surface area contributed by atoms with Gasteiger partial charge in [0.15, 0.2) is 0 Å². The van der Waals surface area contributed by atoms with Crippen molar-refractivity contribution in [3.63, 3.8) is 0 Å². The highest BCUT2D eigenvalue weighted by Crippen LogP contribution is 2.18. The van der Waals surface area contributed by atoms with Crippen molar-refractivity contribution in [2.24, 2.45) is 0 Å². The van der Waals surface area contributed by atoms with E-state index in [9.17, 15) is 13.2 Å². The zero-order valence-corrected chi connectivity index (χ0v) is 16.5. The molecule has 1 fully saturated rings. The summed E-state index contributed by atoms with van der Waals surface area (Å²) in [5.74, 6) is -0.514. The second-order valence-electron chi connectivity index (χ2n) is 6.34. The van der Waals surface area contributed by atoms with E-state index in [0.29, 0.717) is 37.4 Å². The van der Waals surface area contributed by atoms with Crippen LogP contribution in [0.3, 0.4) is 0 Å². The molecule has 0 spiro atoms. The Morgan fingerprint density at radius 3 is 2.38 bits per heavy atom. The van der Waals surface area contributed by atoms with Gasteiger partial charge in [-0.1, -0.05) is 24.3 Å². The number of hydrogen-bond donors (Lipinski definition) is 0. The lowest BCUT2D eigenvalue weighted by Crippen LogP contribution is -2.40. The Balaban J connectivity index is 1.56. The highest BCUT2D eigenvalue weighted by molar-refractivity contribution is 7.89. The van der Waals surface area contributed by atoms with E-state index in [1.807, 2.05) is 6.07 Å². The van der Waals surface area contributed by atoms with E-state index in [1.54, 1.807) is 42.5 Å². The molecule has 0 aromatic heterocycles. The third-order valence-electron chi connectivity index (χ3n) is 4.36. The summed E-state index contributed by atoms with van der Waals surface area (Å²) >= 11 is 0. The first-order valence-electron chi connectivity index (χ1n) is 9.01. The van der Waals surface area contributed by atoms with E-state index in [-0.39, 0.29) is 11.5 Å². The first kappa shape index (κ1) is 20.7. The van der Waals surface area contributed by atoms with Gasteiger partial charge in [0, 0.05) is 19.2 Å². The lowest BCUT2D eigenvalue weighted by molar-refractivity contribution is -0.138. The highest BCUT2D eigenvalue weighted by Gasteiger charge is 2.25. The van der Waals surface area contributed by atoms with Crippen molar-refractivity contribution in [3.8, 4) is 6.07 Å². The summed E-state index contributed by atoms with van der Waals surface area (Å²) in [6, 6.07) is 15.1. The van der Waals surface area contributed by atoms with Crippen LogP contribution in [0.5, 0.6) is 0 Å². The number of nitrogens with zero attached hydrogens (tertiary/aromatic N) is 2. The molecule has 2 aromatic rings. The zero-order chi connectivity index (χ0) is 20.7. The molecule has 150 valence electrons. The van der Waals surface area contributed by atoms with Gasteiger partial charge < -0.3 is 9.47 Å². The van der Waals surface area contributed by atoms with E-state index in [1.165, 1.54) is 22.5 Å². The van der Waals surface area contributed by atoms with E-state index in [4.69, 9.17) is 14.7 Å². The number of benzene rings is 2. The van der Waals surface area contributed by atoms with Gasteiger partial charge in [-0.25, -0.2) is 13.2 Å². The minimum atomic E-state index is -3.54. The Labute approximate surface area is 169 Å². The van der Waals surface area contributed by atoms with Crippen LogP contribution in [0.25, 0.3) is 6.08 Å². The van der Waals surface area contributed by atoms with Crippen molar-refractivity contribution in [2.75, 3.05) is 26.3 Å². The molecule has 2 aromatic carbocycles. The van der Waals surface area contributed by atoms with Crippen LogP contribution in [-0.2, 0) is 30.9 Å². The maximum absolute atomic E-state index is 12.6. The lowest BCUT2D eigenvalue weighted by Gasteiger charge is -2.26. The number of nitriles is 1. The molecule has 8 heteroatoms. The molecule has 3 rings (SSSR count). The Kier molecular flexibility index (Phi) is 6.77. The average Bonchev–Trinajstić information content (AvgIpc) is 2.77. The second-order valence-corrected chi connectivity index (χ2v) is 8.27. The summed E-state index contributed by atoms with van der Waals surface area (Å²) in [5.41, 5.74) is 2.00. The Bertz CT molecular complexity index is 1020. The molecule has 0 unspecified atom stereocenters. The van der Waals surface area contributed by atoms with E-state index >= 15 is 0 Å². The molecule has 0 bridgehead atoms. The number of rotatable bonds is 6. The minimum Gasteiger partial charge on any atom is -0.458 e. The third kappa shape index (κ3) is 5.51. The third-order valence-corrected chi connectivity index (χ3v) is 6.28. The van der Waals surface area contributed by atoms with Gasteiger partial charge in [-0.15, -0.1) is 0 Å². The highest BCUT2D eigenvalue weighted by atomic mass is 32.2. The SMILES string of the molecule is N#Cc1ccc(COC(=O)C=Cc2ccc(S(=O)(=O)N3CCOCC3)cc2)cc1. The normalized spacial score (nSPS) is 15.1. The van der Waals surface area contributed by atoms with Crippen LogP contribution in [0.1, 0.15) is 16.7 Å². The van der Waals surface area contributed by atoms with Crippen molar-refractivity contribution in [1.82, 2.24) is 4.31 Å². The molecule has 29 heavy (non-hydrogen) atoms. The van der Waals surface area contributed by atoms with Gasteiger partial charge in [-0.3, -0.25) is 0 Å². The Morgan fingerprint density at radius 2 is 1.76 bits per heavy atom. The number of carbonyl (C=O) groups excluding carboxylic acids is 1. The van der Waals surface area contributed by atoms with Crippen LogP contribution in [0.2, 0.25) is 0 Å². The fourth-order valence-corrected chi connectivity index (χ4v) is 4.14. The van der Waals surface area contributed by atoms with Gasteiger partial charge in [0.25, 0.3) is 0 Å². The average molecular weight is 412 g/mol. The number of hydrogen-bond acceptors (Lipinski definition) is 6. The van der Waals surface area contributed by atoms with E-state index in [2.05, 4.69) is 0 Å². The van der Waals surface area contributed by atoms with Crippen molar-refractivity contribution < 1.29 is 22.7 Å². The smallest absolute Gasteiger partial charge is 0.331 e. The number of carbonyl (C=O) groups is 1. The number of esters is 1. The van der Waals surface area contributed by atoms with E-state index in [0.717, 1.165) is 5.56 Å². The standard InChI is InChI=1S/C21H20N2O5S/c22-15-18-1-3-19(4-2-18)16-28-21(24)10-7-17-5-8-20(9-6-17)29(25,26)23-11-13-27-14-12-23/h1-10H,11-14,16H2. The molecule has 7 nitrogen and oxygen atoms in total. The molecule has 0 atom stereocenters. The first-order valence-corrected chi connectivity index (χ1v) is 10.4. The van der Waals surface area contributed by atoms with Crippen molar-refractivity contribution in [3.05, 3.63) is 71.3 Å². The Hall–Kier alpha value is -2.99. The van der Waals surface area contributed by atoms with Crippen LogP contribution in [0, 0.1) is 11.3 Å².